The molecule has 0 fully saturated rings. The van der Waals surface area contributed by atoms with Crippen LogP contribution in [-0.2, 0) is 6.54 Å². The summed E-state index contributed by atoms with van der Waals surface area (Å²) in [6, 6.07) is 2.93. The minimum Gasteiger partial charge on any atom is -0.475 e. The Labute approximate surface area is 111 Å². The molecule has 0 aliphatic heterocycles. The summed E-state index contributed by atoms with van der Waals surface area (Å²) in [5.74, 6) is -5.21. The lowest BCUT2D eigenvalue weighted by Crippen LogP contribution is -2.02. The summed E-state index contributed by atoms with van der Waals surface area (Å²) >= 11 is 0. The van der Waals surface area contributed by atoms with E-state index in [1.165, 1.54) is 6.07 Å². The van der Waals surface area contributed by atoms with Crippen LogP contribution in [0.2, 0.25) is 0 Å². The van der Waals surface area contributed by atoms with Crippen LogP contribution in [0.25, 0.3) is 0 Å². The first-order valence-corrected chi connectivity index (χ1v) is 5.59. The van der Waals surface area contributed by atoms with Crippen molar-refractivity contribution in [2.24, 2.45) is 0 Å². The molecule has 1 aromatic carbocycles. The Balaban J connectivity index is 2.15. The highest BCUT2D eigenvalue weighted by molar-refractivity contribution is 5.84. The molecule has 0 aliphatic carbocycles. The zero-order valence-electron chi connectivity index (χ0n) is 10.3. The highest BCUT2D eigenvalue weighted by Crippen LogP contribution is 2.20. The number of carbonyl (C=O) groups is 1. The molecule has 20 heavy (non-hydrogen) atoms. The first-order valence-electron chi connectivity index (χ1n) is 5.59. The second kappa shape index (κ2) is 5.28. The van der Waals surface area contributed by atoms with E-state index in [-0.39, 0.29) is 18.0 Å². The van der Waals surface area contributed by atoms with Crippen LogP contribution in [-0.4, -0.2) is 11.1 Å². The molecule has 0 radical (unpaired) electrons. The molecule has 2 aromatic rings. The van der Waals surface area contributed by atoms with Crippen molar-refractivity contribution < 1.29 is 27.5 Å². The average Bonchev–Trinajstić information content (AvgIpc) is 2.75. The Kier molecular flexibility index (Phi) is 3.69. The molecule has 7 heteroatoms. The first-order chi connectivity index (χ1) is 9.38. The van der Waals surface area contributed by atoms with Gasteiger partial charge in [0.05, 0.1) is 0 Å². The van der Waals surface area contributed by atoms with Crippen LogP contribution < -0.4 is 5.32 Å². The van der Waals surface area contributed by atoms with E-state index >= 15 is 0 Å². The van der Waals surface area contributed by atoms with E-state index in [1.54, 1.807) is 6.92 Å². The van der Waals surface area contributed by atoms with Crippen LogP contribution in [0.3, 0.4) is 0 Å². The molecule has 0 spiro atoms. The van der Waals surface area contributed by atoms with Crippen LogP contribution in [0, 0.1) is 24.4 Å². The highest BCUT2D eigenvalue weighted by atomic mass is 19.2. The predicted molar refractivity (Wildman–Crippen MR) is 64.0 cm³/mol. The largest absolute Gasteiger partial charge is 0.475 e. The van der Waals surface area contributed by atoms with Gasteiger partial charge in [-0.3, -0.25) is 0 Å². The molecular weight excluding hydrogens is 275 g/mol. The molecule has 0 saturated carbocycles. The van der Waals surface area contributed by atoms with Gasteiger partial charge in [-0.15, -0.1) is 0 Å². The first kappa shape index (κ1) is 14.0. The third kappa shape index (κ3) is 2.76. The molecule has 4 nitrogen and oxygen atoms in total. The Morgan fingerprint density at radius 3 is 2.35 bits per heavy atom. The average molecular weight is 285 g/mol. The molecule has 1 heterocycles. The number of hydrogen-bond acceptors (Lipinski definition) is 3. The van der Waals surface area contributed by atoms with E-state index in [2.05, 4.69) is 5.32 Å². The van der Waals surface area contributed by atoms with E-state index in [1.807, 2.05) is 0 Å². The van der Waals surface area contributed by atoms with Crippen molar-refractivity contribution in [1.29, 1.82) is 0 Å². The van der Waals surface area contributed by atoms with E-state index in [4.69, 9.17) is 9.52 Å². The molecule has 2 N–H and O–H groups in total. The van der Waals surface area contributed by atoms with Gasteiger partial charge < -0.3 is 14.8 Å². The number of benzene rings is 1. The van der Waals surface area contributed by atoms with Gasteiger partial charge in [-0.05, 0) is 13.0 Å². The Morgan fingerprint density at radius 1 is 1.25 bits per heavy atom. The minimum absolute atomic E-state index is 0.0406. The number of rotatable bonds is 4. The number of halogens is 3. The normalized spacial score (nSPS) is 10.6. The number of nitrogens with one attached hydrogen (secondary N) is 1. The number of aryl methyl sites for hydroxylation is 1. The van der Waals surface area contributed by atoms with Crippen LogP contribution in [0.15, 0.2) is 22.6 Å². The van der Waals surface area contributed by atoms with Crippen molar-refractivity contribution in [3.63, 3.8) is 0 Å². The van der Waals surface area contributed by atoms with Crippen molar-refractivity contribution >= 4 is 11.7 Å². The molecule has 0 bridgehead atoms. The fourth-order valence-electron chi connectivity index (χ4n) is 1.66. The number of furan rings is 1. The second-order valence-corrected chi connectivity index (χ2v) is 4.10. The second-order valence-electron chi connectivity index (χ2n) is 4.10. The molecule has 0 amide bonds. The van der Waals surface area contributed by atoms with Gasteiger partial charge in [0.15, 0.2) is 17.5 Å². The number of hydrogen-bond donors (Lipinski definition) is 2. The molecule has 0 unspecified atom stereocenters. The van der Waals surface area contributed by atoms with E-state index < -0.39 is 23.4 Å². The lowest BCUT2D eigenvalue weighted by molar-refractivity contribution is 0.0661. The summed E-state index contributed by atoms with van der Waals surface area (Å²) in [5.41, 5.74) is 0.561. The maximum absolute atomic E-state index is 13.0. The standard InChI is InChI=1S/C13H10F3NO3/c1-6-7(2-11(20-6)13(18)19)5-17-8-3-9(14)12(16)10(15)4-8/h2-4,17H,5H2,1H3,(H,18,19). The lowest BCUT2D eigenvalue weighted by Gasteiger charge is -2.06. The third-order valence-corrected chi connectivity index (χ3v) is 2.70. The predicted octanol–water partition coefficient (Wildman–Crippen LogP) is 3.32. The summed E-state index contributed by atoms with van der Waals surface area (Å²) in [6.45, 7) is 1.66. The monoisotopic (exact) mass is 285 g/mol. The Morgan fingerprint density at radius 2 is 1.85 bits per heavy atom. The van der Waals surface area contributed by atoms with Crippen molar-refractivity contribution in [1.82, 2.24) is 0 Å². The molecule has 0 atom stereocenters. The summed E-state index contributed by atoms with van der Waals surface area (Å²) < 4.78 is 43.8. The van der Waals surface area contributed by atoms with Gasteiger partial charge in [0, 0.05) is 29.9 Å². The number of carboxylic acid groups (broad SMARTS) is 1. The molecule has 2 rings (SSSR count). The highest BCUT2D eigenvalue weighted by Gasteiger charge is 2.14. The summed E-state index contributed by atoms with van der Waals surface area (Å²) in [4.78, 5) is 10.7. The Bertz CT molecular complexity index is 644. The van der Waals surface area contributed by atoms with Gasteiger partial charge in [-0.2, -0.15) is 0 Å². The van der Waals surface area contributed by atoms with E-state index in [9.17, 15) is 18.0 Å². The van der Waals surface area contributed by atoms with E-state index in [0.717, 1.165) is 12.1 Å². The zero-order valence-corrected chi connectivity index (χ0v) is 10.3. The van der Waals surface area contributed by atoms with Crippen LogP contribution in [0.4, 0.5) is 18.9 Å². The summed E-state index contributed by atoms with van der Waals surface area (Å²) in [5, 5.41) is 11.4. The van der Waals surface area contributed by atoms with Gasteiger partial charge in [0.1, 0.15) is 5.76 Å². The number of anilines is 1. The molecule has 1 aromatic heterocycles. The zero-order chi connectivity index (χ0) is 14.9. The van der Waals surface area contributed by atoms with Gasteiger partial charge >= 0.3 is 5.97 Å². The topological polar surface area (TPSA) is 62.5 Å². The minimum atomic E-state index is -1.54. The Hall–Kier alpha value is -2.44. The van der Waals surface area contributed by atoms with Crippen molar-refractivity contribution in [2.45, 2.75) is 13.5 Å². The van der Waals surface area contributed by atoms with Gasteiger partial charge in [0.25, 0.3) is 0 Å². The number of carboxylic acids is 1. The SMILES string of the molecule is Cc1oc(C(=O)O)cc1CNc1cc(F)c(F)c(F)c1. The smallest absolute Gasteiger partial charge is 0.371 e. The molecular formula is C13H10F3NO3. The molecule has 0 saturated heterocycles. The third-order valence-electron chi connectivity index (χ3n) is 2.70. The molecule has 106 valence electrons. The fourth-order valence-corrected chi connectivity index (χ4v) is 1.66. The van der Waals surface area contributed by atoms with Crippen molar-refractivity contribution in [3.05, 3.63) is 52.7 Å². The van der Waals surface area contributed by atoms with Crippen LogP contribution >= 0.6 is 0 Å². The van der Waals surface area contributed by atoms with Gasteiger partial charge in [-0.1, -0.05) is 0 Å². The van der Waals surface area contributed by atoms with Gasteiger partial charge in [0.2, 0.25) is 5.76 Å². The number of aromatic carboxylic acids is 1. The lowest BCUT2D eigenvalue weighted by atomic mass is 10.2. The van der Waals surface area contributed by atoms with Gasteiger partial charge in [-0.25, -0.2) is 18.0 Å². The molecule has 0 aliphatic rings. The fraction of sp³-hybridized carbons (Fsp3) is 0.154. The maximum atomic E-state index is 13.0. The van der Waals surface area contributed by atoms with Crippen molar-refractivity contribution in [2.75, 3.05) is 5.32 Å². The summed E-state index contributed by atoms with van der Waals surface area (Å²) in [6.07, 6.45) is 0. The maximum Gasteiger partial charge on any atom is 0.371 e. The summed E-state index contributed by atoms with van der Waals surface area (Å²) in [7, 11) is 0. The van der Waals surface area contributed by atoms with Crippen LogP contribution in [0.1, 0.15) is 21.9 Å². The van der Waals surface area contributed by atoms with E-state index in [0.29, 0.717) is 11.3 Å². The van der Waals surface area contributed by atoms with Crippen molar-refractivity contribution in [3.8, 4) is 0 Å². The quantitative estimate of drug-likeness (QED) is 0.846. The van der Waals surface area contributed by atoms with Crippen LogP contribution in [0.5, 0.6) is 0 Å².